The van der Waals surface area contributed by atoms with E-state index in [0.717, 1.165) is 17.0 Å². The minimum absolute atomic E-state index is 0.0422. The first kappa shape index (κ1) is 19.8. The van der Waals surface area contributed by atoms with Crippen LogP contribution in [0.4, 0.5) is 4.39 Å². The van der Waals surface area contributed by atoms with Crippen LogP contribution in [0, 0.1) is 12.7 Å². The Kier molecular flexibility index (Phi) is 6.11. The summed E-state index contributed by atoms with van der Waals surface area (Å²) in [6.07, 6.45) is 2.44. The van der Waals surface area contributed by atoms with Crippen LogP contribution in [0.3, 0.4) is 0 Å². The van der Waals surface area contributed by atoms with Gasteiger partial charge in [-0.3, -0.25) is 4.79 Å². The molecule has 1 saturated heterocycles. The molecule has 2 heterocycles. The SMILES string of the molecule is CC(=O)N1CCCC(O)(c2nc(C)c(CCOc3ccccc3F)s2)CC1. The van der Waals surface area contributed by atoms with E-state index in [-0.39, 0.29) is 17.5 Å². The molecule has 0 spiro atoms. The van der Waals surface area contributed by atoms with Gasteiger partial charge in [-0.2, -0.15) is 0 Å². The molecule has 5 nitrogen and oxygen atoms in total. The molecular formula is C20H25FN2O3S. The molecule has 1 N–H and O–H groups in total. The van der Waals surface area contributed by atoms with Gasteiger partial charge in [-0.25, -0.2) is 9.37 Å². The van der Waals surface area contributed by atoms with Gasteiger partial charge in [0.05, 0.1) is 12.3 Å². The first-order valence-corrected chi connectivity index (χ1v) is 10.0. The van der Waals surface area contributed by atoms with E-state index in [1.54, 1.807) is 30.0 Å². The van der Waals surface area contributed by atoms with E-state index in [9.17, 15) is 14.3 Å². The monoisotopic (exact) mass is 392 g/mol. The van der Waals surface area contributed by atoms with Crippen LogP contribution in [0.2, 0.25) is 0 Å². The van der Waals surface area contributed by atoms with Crippen molar-refractivity contribution >= 4 is 17.2 Å². The zero-order chi connectivity index (χ0) is 19.4. The smallest absolute Gasteiger partial charge is 0.219 e. The number of hydrogen-bond donors (Lipinski definition) is 1. The molecule has 146 valence electrons. The number of benzene rings is 1. The van der Waals surface area contributed by atoms with Crippen molar-refractivity contribution in [1.82, 2.24) is 9.88 Å². The fraction of sp³-hybridized carbons (Fsp3) is 0.500. The van der Waals surface area contributed by atoms with Gasteiger partial charge in [0.25, 0.3) is 0 Å². The van der Waals surface area contributed by atoms with Crippen LogP contribution >= 0.6 is 11.3 Å². The Balaban J connectivity index is 1.65. The number of hydrogen-bond acceptors (Lipinski definition) is 5. The highest BCUT2D eigenvalue weighted by Gasteiger charge is 2.35. The fourth-order valence-corrected chi connectivity index (χ4v) is 4.51. The van der Waals surface area contributed by atoms with Crippen molar-refractivity contribution in [1.29, 1.82) is 0 Å². The number of para-hydroxylation sites is 1. The van der Waals surface area contributed by atoms with Gasteiger partial charge in [0.1, 0.15) is 10.6 Å². The van der Waals surface area contributed by atoms with Crippen LogP contribution < -0.4 is 4.74 Å². The zero-order valence-corrected chi connectivity index (χ0v) is 16.5. The minimum atomic E-state index is -0.996. The van der Waals surface area contributed by atoms with Crippen molar-refractivity contribution in [3.8, 4) is 5.75 Å². The lowest BCUT2D eigenvalue weighted by atomic mass is 9.96. The molecule has 7 heteroatoms. The highest BCUT2D eigenvalue weighted by atomic mass is 32.1. The maximum atomic E-state index is 13.6. The number of aliphatic hydroxyl groups is 1. The van der Waals surface area contributed by atoms with Gasteiger partial charge < -0.3 is 14.7 Å². The molecule has 1 aliphatic rings. The van der Waals surface area contributed by atoms with Crippen molar-refractivity contribution in [3.05, 3.63) is 45.7 Å². The highest BCUT2D eigenvalue weighted by molar-refractivity contribution is 7.11. The second-order valence-corrected chi connectivity index (χ2v) is 8.03. The maximum absolute atomic E-state index is 13.6. The maximum Gasteiger partial charge on any atom is 0.219 e. The summed E-state index contributed by atoms with van der Waals surface area (Å²) in [5.41, 5.74) is -0.127. The lowest BCUT2D eigenvalue weighted by molar-refractivity contribution is -0.128. The predicted molar refractivity (Wildman–Crippen MR) is 102 cm³/mol. The Bertz CT molecular complexity index is 810. The number of aromatic nitrogens is 1. The molecule has 1 unspecified atom stereocenters. The van der Waals surface area contributed by atoms with E-state index < -0.39 is 5.60 Å². The summed E-state index contributed by atoms with van der Waals surface area (Å²) < 4.78 is 19.2. The van der Waals surface area contributed by atoms with E-state index in [1.165, 1.54) is 17.4 Å². The quantitative estimate of drug-likeness (QED) is 0.847. The number of amides is 1. The summed E-state index contributed by atoms with van der Waals surface area (Å²) >= 11 is 1.48. The van der Waals surface area contributed by atoms with Gasteiger partial charge >= 0.3 is 0 Å². The van der Waals surface area contributed by atoms with Crippen LogP contribution in [0.15, 0.2) is 24.3 Å². The summed E-state index contributed by atoms with van der Waals surface area (Å²) in [6.45, 7) is 5.04. The van der Waals surface area contributed by atoms with Gasteiger partial charge in [-0.05, 0) is 31.9 Å². The summed E-state index contributed by atoms with van der Waals surface area (Å²) in [5.74, 6) is -0.0887. The topological polar surface area (TPSA) is 62.7 Å². The van der Waals surface area contributed by atoms with E-state index in [4.69, 9.17) is 4.74 Å². The third kappa shape index (κ3) is 4.65. The zero-order valence-electron chi connectivity index (χ0n) is 15.7. The Morgan fingerprint density at radius 1 is 1.37 bits per heavy atom. The Labute approximate surface area is 162 Å². The molecule has 1 aromatic carbocycles. The average Bonchev–Trinajstić information content (AvgIpc) is 2.88. The molecule has 0 bridgehead atoms. The molecule has 1 atom stereocenters. The number of ether oxygens (including phenoxy) is 1. The van der Waals surface area contributed by atoms with E-state index in [1.807, 2.05) is 6.92 Å². The first-order valence-electron chi connectivity index (χ1n) is 9.21. The Hall–Kier alpha value is -1.99. The standard InChI is InChI=1S/C20H25FN2O3S/c1-14-18(8-13-26-17-7-4-3-6-16(17)21)27-19(22-14)20(25)9-5-11-23(12-10-20)15(2)24/h3-4,6-7,25H,5,8-13H2,1-2H3. The molecule has 2 aromatic rings. The average molecular weight is 392 g/mol. The first-order chi connectivity index (χ1) is 12.9. The van der Waals surface area contributed by atoms with E-state index in [2.05, 4.69) is 4.98 Å². The number of likely N-dealkylation sites (tertiary alicyclic amines) is 1. The molecule has 27 heavy (non-hydrogen) atoms. The summed E-state index contributed by atoms with van der Waals surface area (Å²) in [7, 11) is 0. The molecular weight excluding hydrogens is 367 g/mol. The van der Waals surface area contributed by atoms with Crippen LogP contribution in [0.25, 0.3) is 0 Å². The molecule has 3 rings (SSSR count). The van der Waals surface area contributed by atoms with Gasteiger partial charge in [0.15, 0.2) is 11.6 Å². The molecule has 1 amide bonds. The number of aryl methyl sites for hydroxylation is 1. The number of thiazole rings is 1. The Morgan fingerprint density at radius 3 is 2.89 bits per heavy atom. The highest BCUT2D eigenvalue weighted by Crippen LogP contribution is 2.36. The summed E-state index contributed by atoms with van der Waals surface area (Å²) in [6, 6.07) is 6.34. The minimum Gasteiger partial charge on any atom is -0.490 e. The van der Waals surface area contributed by atoms with Crippen molar-refractivity contribution in [2.24, 2.45) is 0 Å². The lowest BCUT2D eigenvalue weighted by Crippen LogP contribution is -2.32. The third-order valence-electron chi connectivity index (χ3n) is 4.97. The number of carbonyl (C=O) groups excluding carboxylic acids is 1. The lowest BCUT2D eigenvalue weighted by Gasteiger charge is -2.24. The molecule has 1 aromatic heterocycles. The van der Waals surface area contributed by atoms with E-state index in [0.29, 0.717) is 44.0 Å². The van der Waals surface area contributed by atoms with Gasteiger partial charge in [-0.15, -0.1) is 11.3 Å². The second-order valence-electron chi connectivity index (χ2n) is 6.95. The van der Waals surface area contributed by atoms with Crippen LogP contribution in [0.1, 0.15) is 41.8 Å². The number of carbonyl (C=O) groups is 1. The number of rotatable bonds is 5. The van der Waals surface area contributed by atoms with Crippen molar-refractivity contribution in [2.45, 2.75) is 45.1 Å². The number of halogens is 1. The third-order valence-corrected chi connectivity index (χ3v) is 6.38. The molecule has 0 aliphatic carbocycles. The van der Waals surface area contributed by atoms with Gasteiger partial charge in [0, 0.05) is 37.7 Å². The van der Waals surface area contributed by atoms with Gasteiger partial charge in [-0.1, -0.05) is 12.1 Å². The largest absolute Gasteiger partial charge is 0.490 e. The fourth-order valence-electron chi connectivity index (χ4n) is 3.32. The van der Waals surface area contributed by atoms with E-state index >= 15 is 0 Å². The number of nitrogens with zero attached hydrogens (tertiary/aromatic N) is 2. The second kappa shape index (κ2) is 8.35. The van der Waals surface area contributed by atoms with Crippen molar-refractivity contribution in [2.75, 3.05) is 19.7 Å². The molecule has 0 radical (unpaired) electrons. The summed E-state index contributed by atoms with van der Waals surface area (Å²) in [5, 5.41) is 11.8. The van der Waals surface area contributed by atoms with Crippen LogP contribution in [0.5, 0.6) is 5.75 Å². The van der Waals surface area contributed by atoms with Gasteiger partial charge in [0.2, 0.25) is 5.91 Å². The molecule has 1 aliphatic heterocycles. The normalized spacial score (nSPS) is 20.4. The Morgan fingerprint density at radius 2 is 2.15 bits per heavy atom. The summed E-state index contributed by atoms with van der Waals surface area (Å²) in [4.78, 5) is 19.0. The van der Waals surface area contributed by atoms with Crippen LogP contribution in [-0.2, 0) is 16.8 Å². The van der Waals surface area contributed by atoms with Crippen molar-refractivity contribution in [3.63, 3.8) is 0 Å². The molecule has 1 fully saturated rings. The van der Waals surface area contributed by atoms with Crippen molar-refractivity contribution < 1.29 is 19.0 Å². The molecule has 0 saturated carbocycles. The predicted octanol–water partition coefficient (Wildman–Crippen LogP) is 3.43. The van der Waals surface area contributed by atoms with Crippen LogP contribution in [-0.4, -0.2) is 40.6 Å².